The zero-order valence-electron chi connectivity index (χ0n) is 11.8. The summed E-state index contributed by atoms with van der Waals surface area (Å²) in [6.45, 7) is 0. The fourth-order valence-corrected chi connectivity index (χ4v) is 1.97. The molecule has 2 rings (SSSR count). The van der Waals surface area contributed by atoms with Gasteiger partial charge in [0.15, 0.2) is 0 Å². The van der Waals surface area contributed by atoms with Gasteiger partial charge in [-0.1, -0.05) is 48.5 Å². The number of carbonyl (C=O) groups is 1. The van der Waals surface area contributed by atoms with Gasteiger partial charge in [0.25, 0.3) is 5.78 Å². The lowest BCUT2D eigenvalue weighted by Crippen LogP contribution is -2.25. The highest BCUT2D eigenvalue weighted by atomic mass is 19.4. The van der Waals surface area contributed by atoms with E-state index in [2.05, 4.69) is 0 Å². The van der Waals surface area contributed by atoms with E-state index in [1.807, 2.05) is 0 Å². The second kappa shape index (κ2) is 6.47. The lowest BCUT2D eigenvalue weighted by atomic mass is 10.0. The molecule has 0 unspecified atom stereocenters. The number of allylic oxidation sites excluding steroid dienone is 1. The molecule has 5 heteroatoms. The maximum atomic E-state index is 12.8. The number of alkyl halides is 3. The van der Waals surface area contributed by atoms with E-state index in [-0.39, 0.29) is 11.1 Å². The van der Waals surface area contributed by atoms with Gasteiger partial charge < -0.3 is 4.90 Å². The molecular formula is C17H14F3NO. The van der Waals surface area contributed by atoms with E-state index in [0.29, 0.717) is 5.69 Å². The Labute approximate surface area is 126 Å². The first kappa shape index (κ1) is 15.8. The van der Waals surface area contributed by atoms with Crippen molar-refractivity contribution in [3.63, 3.8) is 0 Å². The summed E-state index contributed by atoms with van der Waals surface area (Å²) in [5.41, 5.74) is 0.526. The molecule has 0 radical (unpaired) electrons. The summed E-state index contributed by atoms with van der Waals surface area (Å²) in [6, 6.07) is 16.7. The largest absolute Gasteiger partial charge is 0.454 e. The van der Waals surface area contributed by atoms with Crippen molar-refractivity contribution in [2.45, 2.75) is 6.18 Å². The average Bonchev–Trinajstić information content (AvgIpc) is 2.52. The number of para-hydroxylation sites is 1. The van der Waals surface area contributed by atoms with E-state index in [9.17, 15) is 18.0 Å². The van der Waals surface area contributed by atoms with E-state index in [1.54, 1.807) is 55.6 Å². The molecule has 0 bridgehead atoms. The van der Waals surface area contributed by atoms with Crippen molar-refractivity contribution in [3.8, 4) is 0 Å². The van der Waals surface area contributed by atoms with E-state index < -0.39 is 12.0 Å². The minimum Gasteiger partial charge on any atom is -0.350 e. The van der Waals surface area contributed by atoms with E-state index >= 15 is 0 Å². The van der Waals surface area contributed by atoms with Crippen LogP contribution in [0.3, 0.4) is 0 Å². The van der Waals surface area contributed by atoms with Crippen molar-refractivity contribution in [2.24, 2.45) is 0 Å². The van der Waals surface area contributed by atoms with Gasteiger partial charge in [0, 0.05) is 18.9 Å². The van der Waals surface area contributed by atoms with Gasteiger partial charge in [-0.05, 0) is 17.7 Å². The Hall–Kier alpha value is -2.56. The number of hydrogen-bond acceptors (Lipinski definition) is 2. The van der Waals surface area contributed by atoms with Crippen LogP contribution < -0.4 is 4.90 Å². The molecular weight excluding hydrogens is 291 g/mol. The zero-order chi connectivity index (χ0) is 16.2. The molecule has 0 fully saturated rings. The molecule has 0 amide bonds. The Morgan fingerprint density at radius 1 is 0.955 bits per heavy atom. The van der Waals surface area contributed by atoms with Crippen LogP contribution in [-0.2, 0) is 4.79 Å². The summed E-state index contributed by atoms with van der Waals surface area (Å²) in [5, 5.41) is 0. The average molecular weight is 305 g/mol. The zero-order valence-corrected chi connectivity index (χ0v) is 11.8. The van der Waals surface area contributed by atoms with Crippen LogP contribution in [0.15, 0.2) is 66.9 Å². The minimum atomic E-state index is -4.92. The van der Waals surface area contributed by atoms with Gasteiger partial charge >= 0.3 is 6.18 Å². The summed E-state index contributed by atoms with van der Waals surface area (Å²) in [6.07, 6.45) is -3.71. The number of anilines is 1. The molecule has 0 aliphatic carbocycles. The first-order chi connectivity index (χ1) is 10.4. The summed E-state index contributed by atoms with van der Waals surface area (Å²) in [7, 11) is 1.60. The molecule has 0 saturated carbocycles. The number of rotatable bonds is 4. The molecule has 0 aliphatic rings. The number of Topliss-reactive ketones (excluding diaryl/α,β-unsaturated/α-hetero) is 1. The summed E-state index contributed by atoms with van der Waals surface area (Å²) in [5.74, 6) is -1.86. The lowest BCUT2D eigenvalue weighted by molar-refractivity contribution is -0.164. The molecule has 22 heavy (non-hydrogen) atoms. The quantitative estimate of drug-likeness (QED) is 0.785. The highest BCUT2D eigenvalue weighted by Crippen LogP contribution is 2.28. The molecule has 114 valence electrons. The standard InChI is InChI=1S/C17H14F3NO/c1-21(14-10-6-3-7-11-14)12-15(16(22)17(18,19)20)13-8-4-2-5-9-13/h2-12H,1H3/b15-12-. The predicted octanol–water partition coefficient (Wildman–Crippen LogP) is 4.30. The molecule has 0 heterocycles. The molecule has 0 atom stereocenters. The molecule has 0 spiro atoms. The van der Waals surface area contributed by atoms with Gasteiger partial charge in [0.1, 0.15) is 0 Å². The maximum Gasteiger partial charge on any atom is 0.454 e. The van der Waals surface area contributed by atoms with Gasteiger partial charge in [0.05, 0.1) is 5.57 Å². The molecule has 2 nitrogen and oxygen atoms in total. The topological polar surface area (TPSA) is 20.3 Å². The van der Waals surface area contributed by atoms with Crippen LogP contribution in [-0.4, -0.2) is 19.0 Å². The fourth-order valence-electron chi connectivity index (χ4n) is 1.97. The highest BCUT2D eigenvalue weighted by Gasteiger charge is 2.41. The van der Waals surface area contributed by atoms with E-state index in [4.69, 9.17) is 0 Å². The van der Waals surface area contributed by atoms with Crippen molar-refractivity contribution in [1.82, 2.24) is 0 Å². The van der Waals surface area contributed by atoms with Crippen LogP contribution in [0.1, 0.15) is 5.56 Å². The van der Waals surface area contributed by atoms with Crippen LogP contribution in [0.4, 0.5) is 18.9 Å². The SMILES string of the molecule is CN(/C=C(\C(=O)C(F)(F)F)c1ccccc1)c1ccccc1. The molecule has 2 aromatic carbocycles. The third kappa shape index (κ3) is 3.75. The second-order valence-corrected chi connectivity index (χ2v) is 4.68. The maximum absolute atomic E-state index is 12.8. The van der Waals surface area contributed by atoms with Crippen LogP contribution in [0.5, 0.6) is 0 Å². The van der Waals surface area contributed by atoms with Crippen LogP contribution in [0, 0.1) is 0 Å². The third-order valence-corrected chi connectivity index (χ3v) is 3.07. The molecule has 0 aliphatic heterocycles. The first-order valence-corrected chi connectivity index (χ1v) is 6.56. The third-order valence-electron chi connectivity index (χ3n) is 3.07. The number of halogens is 3. The Kier molecular flexibility index (Phi) is 4.65. The smallest absolute Gasteiger partial charge is 0.350 e. The van der Waals surface area contributed by atoms with Gasteiger partial charge in [-0.15, -0.1) is 0 Å². The van der Waals surface area contributed by atoms with Gasteiger partial charge in [-0.25, -0.2) is 0 Å². The van der Waals surface area contributed by atoms with Crippen molar-refractivity contribution >= 4 is 17.0 Å². The van der Waals surface area contributed by atoms with Crippen molar-refractivity contribution in [3.05, 3.63) is 72.4 Å². The minimum absolute atomic E-state index is 0.229. The lowest BCUT2D eigenvalue weighted by Gasteiger charge is -2.17. The van der Waals surface area contributed by atoms with Crippen LogP contribution in [0.25, 0.3) is 5.57 Å². The fraction of sp³-hybridized carbons (Fsp3) is 0.118. The number of ketones is 1. The van der Waals surface area contributed by atoms with Crippen molar-refractivity contribution in [1.29, 1.82) is 0 Å². The van der Waals surface area contributed by atoms with Gasteiger partial charge in [-0.3, -0.25) is 4.79 Å². The predicted molar refractivity (Wildman–Crippen MR) is 80.3 cm³/mol. The summed E-state index contributed by atoms with van der Waals surface area (Å²) < 4.78 is 38.5. The summed E-state index contributed by atoms with van der Waals surface area (Å²) in [4.78, 5) is 13.2. The monoisotopic (exact) mass is 305 g/mol. The molecule has 0 saturated heterocycles. The van der Waals surface area contributed by atoms with Crippen LogP contribution >= 0.6 is 0 Å². The Morgan fingerprint density at radius 2 is 1.45 bits per heavy atom. The van der Waals surface area contributed by atoms with E-state index in [0.717, 1.165) is 0 Å². The van der Waals surface area contributed by atoms with Gasteiger partial charge in [-0.2, -0.15) is 13.2 Å². The van der Waals surface area contributed by atoms with Crippen LogP contribution in [0.2, 0.25) is 0 Å². The number of benzene rings is 2. The Morgan fingerprint density at radius 3 is 1.95 bits per heavy atom. The first-order valence-electron chi connectivity index (χ1n) is 6.56. The summed E-state index contributed by atoms with van der Waals surface area (Å²) >= 11 is 0. The van der Waals surface area contributed by atoms with Crippen molar-refractivity contribution in [2.75, 3.05) is 11.9 Å². The van der Waals surface area contributed by atoms with Crippen molar-refractivity contribution < 1.29 is 18.0 Å². The number of hydrogen-bond donors (Lipinski definition) is 0. The molecule has 0 aromatic heterocycles. The number of carbonyl (C=O) groups excluding carboxylic acids is 1. The normalized spacial score (nSPS) is 12.1. The molecule has 0 N–H and O–H groups in total. The Balaban J connectivity index is 2.45. The van der Waals surface area contributed by atoms with E-state index in [1.165, 1.54) is 23.2 Å². The van der Waals surface area contributed by atoms with Gasteiger partial charge in [0.2, 0.25) is 0 Å². The Bertz CT molecular complexity index is 663. The number of nitrogens with zero attached hydrogens (tertiary/aromatic N) is 1. The highest BCUT2D eigenvalue weighted by molar-refractivity contribution is 6.23. The second-order valence-electron chi connectivity index (χ2n) is 4.68. The molecule has 2 aromatic rings.